The van der Waals surface area contributed by atoms with Crippen molar-refractivity contribution in [2.45, 2.75) is 31.7 Å². The molecule has 1 saturated heterocycles. The topological polar surface area (TPSA) is 112 Å². The highest BCUT2D eigenvalue weighted by molar-refractivity contribution is 6.02. The maximum absolute atomic E-state index is 14.0. The number of amides is 1. The first-order chi connectivity index (χ1) is 18.4. The van der Waals surface area contributed by atoms with Crippen LogP contribution in [0, 0.1) is 15.9 Å². The van der Waals surface area contributed by atoms with Crippen LogP contribution in [0.2, 0.25) is 0 Å². The van der Waals surface area contributed by atoms with Gasteiger partial charge in [-0.3, -0.25) is 14.9 Å². The molecular formula is C28H25FN4O5. The van der Waals surface area contributed by atoms with E-state index >= 15 is 0 Å². The lowest BCUT2D eigenvalue weighted by atomic mass is 9.94. The van der Waals surface area contributed by atoms with Crippen molar-refractivity contribution in [3.8, 4) is 28.3 Å². The van der Waals surface area contributed by atoms with Gasteiger partial charge in [-0.15, -0.1) is 10.2 Å². The molecule has 194 valence electrons. The summed E-state index contributed by atoms with van der Waals surface area (Å²) in [5.74, 6) is 0.364. The summed E-state index contributed by atoms with van der Waals surface area (Å²) in [6.45, 7) is 0.489. The van der Waals surface area contributed by atoms with Crippen LogP contribution in [-0.4, -0.2) is 45.6 Å². The van der Waals surface area contributed by atoms with Gasteiger partial charge in [0.25, 0.3) is 11.6 Å². The standard InChI is InChI=1S/C28H25FN4O5/c1-37-25-11-3-2-10-23(25)22-13-12-21(33(35)36)16-24(22)28(34)32-14-5-4-9-20(32)17-26-30-31-27(38-26)18-7-6-8-19(29)15-18/h2-3,6-8,10-13,15-16,20H,4-5,9,14,17H2,1H3. The number of hydrogen-bond acceptors (Lipinski definition) is 7. The zero-order chi connectivity index (χ0) is 26.6. The fourth-order valence-corrected chi connectivity index (χ4v) is 4.84. The highest BCUT2D eigenvalue weighted by atomic mass is 19.1. The minimum Gasteiger partial charge on any atom is -0.496 e. The lowest BCUT2D eigenvalue weighted by Gasteiger charge is -2.35. The van der Waals surface area contributed by atoms with E-state index in [0.717, 1.165) is 12.8 Å². The molecule has 0 bridgehead atoms. The third-order valence-corrected chi connectivity index (χ3v) is 6.68. The molecule has 0 radical (unpaired) electrons. The van der Waals surface area contributed by atoms with Gasteiger partial charge in [0.05, 0.1) is 17.6 Å². The van der Waals surface area contributed by atoms with Crippen LogP contribution in [-0.2, 0) is 6.42 Å². The summed E-state index contributed by atoms with van der Waals surface area (Å²) in [4.78, 5) is 26.8. The third kappa shape index (κ3) is 5.10. The summed E-state index contributed by atoms with van der Waals surface area (Å²) in [5.41, 5.74) is 1.74. The van der Waals surface area contributed by atoms with Gasteiger partial charge < -0.3 is 14.1 Å². The van der Waals surface area contributed by atoms with Gasteiger partial charge in [0.2, 0.25) is 11.8 Å². The number of carbonyl (C=O) groups excluding carboxylic acids is 1. The Morgan fingerprint density at radius 2 is 1.95 bits per heavy atom. The summed E-state index contributed by atoms with van der Waals surface area (Å²) in [7, 11) is 1.54. The Balaban J connectivity index is 1.47. The molecule has 4 aromatic rings. The molecule has 10 heteroatoms. The second-order valence-corrected chi connectivity index (χ2v) is 9.05. The Morgan fingerprint density at radius 1 is 1.11 bits per heavy atom. The minimum absolute atomic E-state index is 0.169. The predicted molar refractivity (Wildman–Crippen MR) is 137 cm³/mol. The molecule has 1 atom stereocenters. The largest absolute Gasteiger partial charge is 0.496 e. The van der Waals surface area contributed by atoms with Crippen LogP contribution in [0.3, 0.4) is 0 Å². The molecular weight excluding hydrogens is 491 g/mol. The van der Waals surface area contributed by atoms with Gasteiger partial charge in [0.15, 0.2) is 0 Å². The molecule has 0 N–H and O–H groups in total. The van der Waals surface area contributed by atoms with Gasteiger partial charge in [0, 0.05) is 42.3 Å². The zero-order valence-corrected chi connectivity index (χ0v) is 20.7. The number of benzene rings is 3. The Morgan fingerprint density at radius 3 is 2.74 bits per heavy atom. The van der Waals surface area contributed by atoms with Crippen LogP contribution in [0.1, 0.15) is 35.5 Å². The molecule has 5 rings (SSSR count). The minimum atomic E-state index is -0.511. The van der Waals surface area contributed by atoms with E-state index in [9.17, 15) is 19.3 Å². The highest BCUT2D eigenvalue weighted by Gasteiger charge is 2.32. The monoisotopic (exact) mass is 516 g/mol. The first kappa shape index (κ1) is 25.1. The molecule has 1 fully saturated rings. The van der Waals surface area contributed by atoms with Crippen LogP contribution in [0.4, 0.5) is 10.1 Å². The molecule has 1 amide bonds. The van der Waals surface area contributed by atoms with Gasteiger partial charge in [-0.1, -0.05) is 24.3 Å². The Hall–Kier alpha value is -4.60. The number of rotatable bonds is 7. The number of nitro groups is 1. The molecule has 1 unspecified atom stereocenters. The summed E-state index contributed by atoms with van der Waals surface area (Å²) in [6.07, 6.45) is 2.74. The molecule has 0 spiro atoms. The number of piperidine rings is 1. The number of hydrogen-bond donors (Lipinski definition) is 0. The Labute approximate surface area is 218 Å². The van der Waals surface area contributed by atoms with Crippen molar-refractivity contribution in [2.24, 2.45) is 0 Å². The highest BCUT2D eigenvalue weighted by Crippen LogP contribution is 2.36. The Kier molecular flexibility index (Phi) is 7.12. The van der Waals surface area contributed by atoms with Gasteiger partial charge in [-0.05, 0) is 55.2 Å². The second-order valence-electron chi connectivity index (χ2n) is 9.05. The van der Waals surface area contributed by atoms with E-state index in [0.29, 0.717) is 47.7 Å². The van der Waals surface area contributed by atoms with Gasteiger partial charge in [-0.25, -0.2) is 4.39 Å². The van der Waals surface area contributed by atoms with Gasteiger partial charge in [0.1, 0.15) is 11.6 Å². The van der Waals surface area contributed by atoms with E-state index in [1.807, 2.05) is 18.2 Å². The number of halogens is 1. The summed E-state index contributed by atoms with van der Waals surface area (Å²) < 4.78 is 24.9. The van der Waals surface area contributed by atoms with Crippen LogP contribution in [0.15, 0.2) is 71.1 Å². The molecule has 0 saturated carbocycles. The smallest absolute Gasteiger partial charge is 0.270 e. The summed E-state index contributed by atoms with van der Waals surface area (Å²) in [5, 5.41) is 19.7. The quantitative estimate of drug-likeness (QED) is 0.229. The van der Waals surface area contributed by atoms with Crippen LogP contribution in [0.25, 0.3) is 22.6 Å². The van der Waals surface area contributed by atoms with Crippen molar-refractivity contribution < 1.29 is 23.3 Å². The average molecular weight is 517 g/mol. The van der Waals surface area contributed by atoms with Crippen molar-refractivity contribution >= 4 is 11.6 Å². The van der Waals surface area contributed by atoms with E-state index in [2.05, 4.69) is 10.2 Å². The second kappa shape index (κ2) is 10.8. The molecule has 1 aromatic heterocycles. The van der Waals surface area contributed by atoms with Crippen molar-refractivity contribution in [1.82, 2.24) is 15.1 Å². The normalized spacial score (nSPS) is 15.3. The number of carbonyl (C=O) groups is 1. The van der Waals surface area contributed by atoms with E-state index < -0.39 is 10.7 Å². The zero-order valence-electron chi connectivity index (χ0n) is 20.7. The number of non-ortho nitro benzene ring substituents is 1. The van der Waals surface area contributed by atoms with E-state index in [1.54, 1.807) is 29.2 Å². The predicted octanol–water partition coefficient (Wildman–Crippen LogP) is 5.70. The molecule has 3 aromatic carbocycles. The Bertz CT molecular complexity index is 1490. The SMILES string of the molecule is COc1ccccc1-c1ccc([N+](=O)[O-])cc1C(=O)N1CCCCC1Cc1nnc(-c2cccc(F)c2)o1. The van der Waals surface area contributed by atoms with Crippen molar-refractivity contribution in [2.75, 3.05) is 13.7 Å². The summed E-state index contributed by atoms with van der Waals surface area (Å²) >= 11 is 0. The number of nitrogens with zero attached hydrogens (tertiary/aromatic N) is 4. The number of para-hydroxylation sites is 1. The first-order valence-electron chi connectivity index (χ1n) is 12.3. The summed E-state index contributed by atoms with van der Waals surface area (Å²) in [6, 6.07) is 17.2. The first-order valence-corrected chi connectivity index (χ1v) is 12.3. The lowest BCUT2D eigenvalue weighted by Crippen LogP contribution is -2.45. The number of likely N-dealkylation sites (tertiary alicyclic amines) is 1. The van der Waals surface area contributed by atoms with E-state index in [4.69, 9.17) is 9.15 Å². The van der Waals surface area contributed by atoms with E-state index in [-0.39, 0.29) is 29.1 Å². The maximum Gasteiger partial charge on any atom is 0.270 e. The third-order valence-electron chi connectivity index (χ3n) is 6.68. The molecule has 38 heavy (non-hydrogen) atoms. The van der Waals surface area contributed by atoms with Crippen molar-refractivity contribution in [3.63, 3.8) is 0 Å². The molecule has 2 heterocycles. The van der Waals surface area contributed by atoms with Gasteiger partial charge in [-0.2, -0.15) is 0 Å². The van der Waals surface area contributed by atoms with Crippen LogP contribution in [0.5, 0.6) is 5.75 Å². The fourth-order valence-electron chi connectivity index (χ4n) is 4.84. The van der Waals surface area contributed by atoms with Crippen molar-refractivity contribution in [1.29, 1.82) is 0 Å². The number of ether oxygens (including phenoxy) is 1. The van der Waals surface area contributed by atoms with E-state index in [1.165, 1.54) is 31.4 Å². The number of aromatic nitrogens is 2. The lowest BCUT2D eigenvalue weighted by molar-refractivity contribution is -0.384. The average Bonchev–Trinajstić information content (AvgIpc) is 3.41. The number of methoxy groups -OCH3 is 1. The molecule has 9 nitrogen and oxygen atoms in total. The van der Waals surface area contributed by atoms with Crippen LogP contribution >= 0.6 is 0 Å². The molecule has 0 aliphatic carbocycles. The van der Waals surface area contributed by atoms with Gasteiger partial charge >= 0.3 is 0 Å². The fraction of sp³-hybridized carbons (Fsp3) is 0.250. The number of nitro benzene ring substituents is 1. The van der Waals surface area contributed by atoms with Crippen LogP contribution < -0.4 is 4.74 Å². The van der Waals surface area contributed by atoms with Crippen molar-refractivity contribution in [3.05, 3.63) is 94.1 Å². The molecule has 1 aliphatic rings. The molecule has 1 aliphatic heterocycles. The maximum atomic E-state index is 14.0.